The van der Waals surface area contributed by atoms with Crippen molar-refractivity contribution in [2.24, 2.45) is 0 Å². The van der Waals surface area contributed by atoms with E-state index in [2.05, 4.69) is 34.4 Å². The number of ether oxygens (including phenoxy) is 2. The molecule has 15 heteroatoms. The van der Waals surface area contributed by atoms with E-state index in [1.165, 1.54) is 49.5 Å². The molecule has 0 aliphatic heterocycles. The summed E-state index contributed by atoms with van der Waals surface area (Å²) in [7, 11) is 1.30. The molecule has 0 radical (unpaired) electrons. The van der Waals surface area contributed by atoms with Gasteiger partial charge in [-0.2, -0.15) is 0 Å². The van der Waals surface area contributed by atoms with E-state index in [4.69, 9.17) is 9.47 Å². The maximum atomic E-state index is 14.0. The highest BCUT2D eigenvalue weighted by molar-refractivity contribution is 6.18. The summed E-state index contributed by atoms with van der Waals surface area (Å²) >= 11 is 0. The topological polar surface area (TPSA) is 220 Å². The molecule has 0 aromatic heterocycles. The molecular weight excluding hydrogens is 845 g/mol. The van der Waals surface area contributed by atoms with Crippen LogP contribution in [0.1, 0.15) is 83.6 Å². The smallest absolute Gasteiger partial charge is 0.339 e. The lowest BCUT2D eigenvalue weighted by molar-refractivity contribution is -0.118. The summed E-state index contributed by atoms with van der Waals surface area (Å²) in [5, 5.41) is 12.2. The van der Waals surface area contributed by atoms with Crippen LogP contribution >= 0.6 is 0 Å². The van der Waals surface area contributed by atoms with Crippen molar-refractivity contribution in [3.63, 3.8) is 0 Å². The molecule has 330 valence electrons. The maximum absolute atomic E-state index is 14.0. The summed E-state index contributed by atoms with van der Waals surface area (Å²) in [4.78, 5) is 117. The minimum atomic E-state index is -1.07. The predicted octanol–water partition coefficient (Wildman–Crippen LogP) is 7.32. The van der Waals surface area contributed by atoms with Gasteiger partial charge in [0.1, 0.15) is 0 Å². The summed E-state index contributed by atoms with van der Waals surface area (Å²) < 4.78 is 10.1. The Hall–Kier alpha value is -9.11. The normalized spacial score (nSPS) is 10.5. The summed E-state index contributed by atoms with van der Waals surface area (Å²) in [6, 6.07) is 30.7. The van der Waals surface area contributed by atoms with Gasteiger partial charge in [-0.1, -0.05) is 73.3 Å². The maximum Gasteiger partial charge on any atom is 0.339 e. The number of hydrogen-bond donors (Lipinski definition) is 4. The molecule has 0 atom stereocenters. The molecule has 0 saturated carbocycles. The number of nitrogens with one attached hydrogen (secondary N) is 4. The quantitative estimate of drug-likeness (QED) is 0.0404. The van der Waals surface area contributed by atoms with E-state index in [0.29, 0.717) is 27.7 Å². The van der Waals surface area contributed by atoms with Gasteiger partial charge in [0.2, 0.25) is 0 Å². The molecule has 6 rings (SSSR count). The van der Waals surface area contributed by atoms with Crippen molar-refractivity contribution < 1.29 is 52.6 Å². The van der Waals surface area contributed by atoms with E-state index in [1.807, 2.05) is 19.1 Å². The molecule has 0 aliphatic rings. The van der Waals surface area contributed by atoms with Crippen LogP contribution in [0, 0.1) is 6.92 Å². The zero-order valence-electron chi connectivity index (χ0n) is 35.5. The van der Waals surface area contributed by atoms with Gasteiger partial charge in [0.15, 0.2) is 30.6 Å². The van der Waals surface area contributed by atoms with Crippen molar-refractivity contribution in [1.29, 1.82) is 0 Å². The standard InChI is InChI=1S/C51H40N4O11/c1-5-35(56)27-65-50(63)39-21-19-30(25-41(39)48(61)52-4)45(58)31-20-22-40(51(64)66-28-36(57)6-2)42(26-31)49(62)53-34-14-8-13-33(24-34)47(60)55-44-18-10-15-37-38(44)16-9-17-43(37)54-46(59)32-12-7-11-29(3)23-32/h5-26H,1-2,27-28H2,3-4H3,(H,52,61)(H,53,62)(H,54,59)(H,55,60). The lowest BCUT2D eigenvalue weighted by Gasteiger charge is -2.14. The highest BCUT2D eigenvalue weighted by Crippen LogP contribution is 2.30. The summed E-state index contributed by atoms with van der Waals surface area (Å²) in [6.07, 6.45) is 1.92. The number of benzene rings is 6. The Bertz CT molecular complexity index is 3030. The van der Waals surface area contributed by atoms with Crippen molar-refractivity contribution >= 4 is 80.8 Å². The van der Waals surface area contributed by atoms with Crippen LogP contribution in [0.3, 0.4) is 0 Å². The molecule has 15 nitrogen and oxygen atoms in total. The molecule has 6 aromatic rings. The van der Waals surface area contributed by atoms with Crippen LogP contribution in [-0.4, -0.2) is 73.2 Å². The van der Waals surface area contributed by atoms with Gasteiger partial charge in [-0.25, -0.2) is 9.59 Å². The minimum absolute atomic E-state index is 0.0984. The lowest BCUT2D eigenvalue weighted by Crippen LogP contribution is -2.23. The number of hydrogen-bond acceptors (Lipinski definition) is 11. The SMILES string of the molecule is C=CC(=O)COC(=O)c1ccc(C(=O)c2ccc(C(=O)OCC(=O)C=C)c(C(=O)Nc3cccc(C(=O)Nc4cccc5c(NC(=O)c6cccc(C)c6)cccc45)c3)c2)cc1C(=O)NC. The Kier molecular flexibility index (Phi) is 14.6. The number of carbonyl (C=O) groups is 9. The number of aryl methyl sites for hydroxylation is 1. The van der Waals surface area contributed by atoms with Crippen LogP contribution in [0.25, 0.3) is 10.8 Å². The second-order valence-electron chi connectivity index (χ2n) is 14.4. The van der Waals surface area contributed by atoms with E-state index in [0.717, 1.165) is 35.9 Å². The number of rotatable bonds is 17. The van der Waals surface area contributed by atoms with Crippen LogP contribution < -0.4 is 21.3 Å². The number of anilines is 3. The average Bonchev–Trinajstić information content (AvgIpc) is 3.33. The van der Waals surface area contributed by atoms with E-state index in [1.54, 1.807) is 48.5 Å². The second-order valence-corrected chi connectivity index (χ2v) is 14.4. The number of esters is 2. The van der Waals surface area contributed by atoms with Crippen LogP contribution in [0.4, 0.5) is 17.1 Å². The third kappa shape index (κ3) is 10.9. The van der Waals surface area contributed by atoms with Crippen LogP contribution in [-0.2, 0) is 19.1 Å². The van der Waals surface area contributed by atoms with Gasteiger partial charge in [-0.15, -0.1) is 0 Å². The number of amides is 4. The Balaban J connectivity index is 1.26. The monoisotopic (exact) mass is 884 g/mol. The lowest BCUT2D eigenvalue weighted by atomic mass is 9.95. The molecule has 0 aliphatic carbocycles. The fraction of sp³-hybridized carbons (Fsp3) is 0.0784. The molecule has 0 bridgehead atoms. The first kappa shape index (κ1) is 46.4. The third-order valence-corrected chi connectivity index (χ3v) is 9.95. The van der Waals surface area contributed by atoms with Crippen molar-refractivity contribution in [3.8, 4) is 0 Å². The first-order chi connectivity index (χ1) is 31.7. The minimum Gasteiger partial charge on any atom is -0.454 e. The fourth-order valence-electron chi connectivity index (χ4n) is 6.59. The molecular formula is C51H40N4O11. The molecule has 4 amide bonds. The van der Waals surface area contributed by atoms with E-state index < -0.39 is 60.2 Å². The Morgan fingerprint density at radius 2 is 0.955 bits per heavy atom. The number of carbonyl (C=O) groups excluding carboxylic acids is 9. The number of fused-ring (bicyclic) bond motifs is 1. The van der Waals surface area contributed by atoms with E-state index >= 15 is 0 Å². The van der Waals surface area contributed by atoms with Gasteiger partial charge in [-0.05, 0) is 85.8 Å². The summed E-state index contributed by atoms with van der Waals surface area (Å²) in [5.74, 6) is -6.51. The number of ketones is 3. The van der Waals surface area contributed by atoms with Gasteiger partial charge in [0.25, 0.3) is 23.6 Å². The third-order valence-electron chi connectivity index (χ3n) is 9.95. The zero-order chi connectivity index (χ0) is 47.5. The average molecular weight is 885 g/mol. The van der Waals surface area contributed by atoms with Gasteiger partial charge < -0.3 is 30.7 Å². The first-order valence-corrected chi connectivity index (χ1v) is 20.0. The summed E-state index contributed by atoms with van der Waals surface area (Å²) in [5.41, 5.74) is 1.25. The molecule has 0 unspecified atom stereocenters. The van der Waals surface area contributed by atoms with Gasteiger partial charge in [0, 0.05) is 57.1 Å². The van der Waals surface area contributed by atoms with Crippen molar-refractivity contribution in [1.82, 2.24) is 5.32 Å². The van der Waals surface area contributed by atoms with Crippen molar-refractivity contribution in [3.05, 3.63) is 197 Å². The molecule has 0 heterocycles. The molecule has 6 aromatic carbocycles. The Morgan fingerprint density at radius 1 is 0.485 bits per heavy atom. The van der Waals surface area contributed by atoms with Crippen molar-refractivity contribution in [2.75, 3.05) is 36.2 Å². The molecule has 4 N–H and O–H groups in total. The predicted molar refractivity (Wildman–Crippen MR) is 246 cm³/mol. The molecule has 66 heavy (non-hydrogen) atoms. The second kappa shape index (κ2) is 20.8. The van der Waals surface area contributed by atoms with Gasteiger partial charge >= 0.3 is 11.9 Å². The highest BCUT2D eigenvalue weighted by atomic mass is 16.5. The largest absolute Gasteiger partial charge is 0.454 e. The van der Waals surface area contributed by atoms with Crippen LogP contribution in [0.2, 0.25) is 0 Å². The summed E-state index contributed by atoms with van der Waals surface area (Å²) in [6.45, 7) is 7.25. The molecule has 0 saturated heterocycles. The molecule has 0 fully saturated rings. The fourth-order valence-corrected chi connectivity index (χ4v) is 6.59. The Labute approximate surface area is 377 Å². The van der Waals surface area contributed by atoms with Crippen molar-refractivity contribution in [2.45, 2.75) is 6.92 Å². The zero-order valence-corrected chi connectivity index (χ0v) is 35.5. The van der Waals surface area contributed by atoms with Gasteiger partial charge in [-0.3, -0.25) is 33.6 Å². The van der Waals surface area contributed by atoms with E-state index in [9.17, 15) is 43.2 Å². The first-order valence-electron chi connectivity index (χ1n) is 20.0. The van der Waals surface area contributed by atoms with Crippen LogP contribution in [0.15, 0.2) is 147 Å². The highest BCUT2D eigenvalue weighted by Gasteiger charge is 2.25. The van der Waals surface area contributed by atoms with Gasteiger partial charge in [0.05, 0.1) is 22.3 Å². The van der Waals surface area contributed by atoms with Crippen LogP contribution in [0.5, 0.6) is 0 Å². The molecule has 0 spiro atoms. The Morgan fingerprint density at radius 3 is 1.44 bits per heavy atom. The van der Waals surface area contributed by atoms with E-state index in [-0.39, 0.29) is 50.5 Å².